The maximum Gasteiger partial charge on any atom is 0.193 e. The van der Waals surface area contributed by atoms with Gasteiger partial charge in [-0.3, -0.25) is 4.99 Å². The average molecular weight is 423 g/mol. The first-order valence-corrected chi connectivity index (χ1v) is 8.68. The molecule has 2 fully saturated rings. The minimum Gasteiger partial charge on any atom is -0.381 e. The number of likely N-dealkylation sites (tertiary alicyclic amines) is 1. The van der Waals surface area contributed by atoms with Crippen LogP contribution in [0.25, 0.3) is 0 Å². The first-order valence-electron chi connectivity index (χ1n) is 8.68. The van der Waals surface area contributed by atoms with Crippen LogP contribution in [0, 0.1) is 11.3 Å². The second-order valence-corrected chi connectivity index (χ2v) is 7.17. The van der Waals surface area contributed by atoms with Gasteiger partial charge in [-0.15, -0.1) is 24.0 Å². The van der Waals surface area contributed by atoms with Crippen molar-refractivity contribution in [1.82, 2.24) is 10.2 Å². The standard InChI is InChI=1S/C17H33N3O.HI/c1-15(2)13-21-12-6-10-19-16(18-3)20-11-9-17(14-20)7-4-5-8-17;/h15H,4-14H2,1-3H3,(H,18,19);1H. The molecule has 1 heterocycles. The van der Waals surface area contributed by atoms with E-state index in [2.05, 4.69) is 29.1 Å². The van der Waals surface area contributed by atoms with E-state index in [1.807, 2.05) is 7.05 Å². The van der Waals surface area contributed by atoms with Crippen LogP contribution in [0.1, 0.15) is 52.4 Å². The van der Waals surface area contributed by atoms with Crippen molar-refractivity contribution in [3.05, 3.63) is 0 Å². The highest BCUT2D eigenvalue weighted by atomic mass is 127. The molecule has 1 saturated carbocycles. The predicted molar refractivity (Wildman–Crippen MR) is 104 cm³/mol. The number of guanidine groups is 1. The molecule has 4 nitrogen and oxygen atoms in total. The average Bonchev–Trinajstić information content (AvgIpc) is 3.09. The molecule has 1 saturated heterocycles. The summed E-state index contributed by atoms with van der Waals surface area (Å²) in [5, 5.41) is 3.50. The molecule has 1 aliphatic carbocycles. The van der Waals surface area contributed by atoms with Crippen molar-refractivity contribution >= 4 is 29.9 Å². The molecule has 0 amide bonds. The number of ether oxygens (including phenoxy) is 1. The minimum atomic E-state index is 0. The van der Waals surface area contributed by atoms with E-state index in [9.17, 15) is 0 Å². The normalized spacial score (nSPS) is 20.7. The number of nitrogens with one attached hydrogen (secondary N) is 1. The first-order chi connectivity index (χ1) is 10.2. The molecule has 2 rings (SSSR count). The lowest BCUT2D eigenvalue weighted by atomic mass is 9.86. The highest BCUT2D eigenvalue weighted by molar-refractivity contribution is 14.0. The van der Waals surface area contributed by atoms with Crippen LogP contribution >= 0.6 is 24.0 Å². The summed E-state index contributed by atoms with van der Waals surface area (Å²) in [6.07, 6.45) is 8.09. The molecule has 0 aromatic rings. The van der Waals surface area contributed by atoms with Crippen molar-refractivity contribution in [1.29, 1.82) is 0 Å². The Kier molecular flexibility index (Phi) is 9.05. The molecule has 1 spiro atoms. The maximum absolute atomic E-state index is 5.62. The first kappa shape index (κ1) is 20.0. The molecule has 1 N–H and O–H groups in total. The molecule has 0 aromatic heterocycles. The number of nitrogens with zero attached hydrogens (tertiary/aromatic N) is 2. The second kappa shape index (κ2) is 9.96. The van der Waals surface area contributed by atoms with Gasteiger partial charge in [0, 0.05) is 39.9 Å². The van der Waals surface area contributed by atoms with Gasteiger partial charge < -0.3 is 15.0 Å². The van der Waals surface area contributed by atoms with Crippen molar-refractivity contribution in [2.75, 3.05) is 39.9 Å². The van der Waals surface area contributed by atoms with Crippen LogP contribution in [-0.2, 0) is 4.74 Å². The number of halogens is 1. The number of aliphatic imine (C=N–C) groups is 1. The van der Waals surface area contributed by atoms with Crippen molar-refractivity contribution in [3.8, 4) is 0 Å². The fourth-order valence-corrected chi connectivity index (χ4v) is 3.67. The summed E-state index contributed by atoms with van der Waals surface area (Å²) in [7, 11) is 1.90. The molecule has 2 aliphatic rings. The Hall–Kier alpha value is -0.0400. The summed E-state index contributed by atoms with van der Waals surface area (Å²) in [5.41, 5.74) is 0.609. The molecule has 0 radical (unpaired) electrons. The minimum absolute atomic E-state index is 0. The van der Waals surface area contributed by atoms with E-state index < -0.39 is 0 Å². The van der Waals surface area contributed by atoms with Gasteiger partial charge in [-0.25, -0.2) is 0 Å². The van der Waals surface area contributed by atoms with Crippen molar-refractivity contribution in [2.24, 2.45) is 16.3 Å². The Bertz CT molecular complexity index is 341. The lowest BCUT2D eigenvalue weighted by Crippen LogP contribution is -2.41. The molecule has 0 aromatic carbocycles. The number of rotatable bonds is 6. The summed E-state index contributed by atoms with van der Waals surface area (Å²) < 4.78 is 5.62. The van der Waals surface area contributed by atoms with Gasteiger partial charge in [0.25, 0.3) is 0 Å². The zero-order valence-electron chi connectivity index (χ0n) is 14.6. The molecule has 130 valence electrons. The van der Waals surface area contributed by atoms with Crippen LogP contribution in [0.3, 0.4) is 0 Å². The Morgan fingerprint density at radius 3 is 2.64 bits per heavy atom. The van der Waals surface area contributed by atoms with Crippen LogP contribution in [0.5, 0.6) is 0 Å². The summed E-state index contributed by atoms with van der Waals surface area (Å²) in [4.78, 5) is 6.92. The van der Waals surface area contributed by atoms with Crippen LogP contribution in [0.2, 0.25) is 0 Å². The molecular weight excluding hydrogens is 389 g/mol. The number of hydrogen-bond acceptors (Lipinski definition) is 2. The zero-order chi connectivity index (χ0) is 15.1. The van der Waals surface area contributed by atoms with Crippen molar-refractivity contribution < 1.29 is 4.74 Å². The SMILES string of the molecule is CN=C(NCCCOCC(C)C)N1CCC2(CCCC2)C1.I. The lowest BCUT2D eigenvalue weighted by Gasteiger charge is -2.25. The fraction of sp³-hybridized carbons (Fsp3) is 0.941. The number of hydrogen-bond donors (Lipinski definition) is 1. The van der Waals surface area contributed by atoms with Gasteiger partial charge in [-0.1, -0.05) is 26.7 Å². The predicted octanol–water partition coefficient (Wildman–Crippen LogP) is 3.51. The van der Waals surface area contributed by atoms with Crippen molar-refractivity contribution in [2.45, 2.75) is 52.4 Å². The van der Waals surface area contributed by atoms with E-state index in [-0.39, 0.29) is 24.0 Å². The Labute approximate surface area is 153 Å². The summed E-state index contributed by atoms with van der Waals surface area (Å²) >= 11 is 0. The molecule has 0 unspecified atom stereocenters. The van der Waals surface area contributed by atoms with Gasteiger partial charge in [0.15, 0.2) is 5.96 Å². The smallest absolute Gasteiger partial charge is 0.193 e. The van der Waals surface area contributed by atoms with Gasteiger partial charge in [0.2, 0.25) is 0 Å². The molecule has 5 heteroatoms. The van der Waals surface area contributed by atoms with E-state index in [0.717, 1.165) is 32.1 Å². The summed E-state index contributed by atoms with van der Waals surface area (Å²) in [5.74, 6) is 1.71. The van der Waals surface area contributed by atoms with E-state index in [4.69, 9.17) is 4.74 Å². The van der Waals surface area contributed by atoms with E-state index in [0.29, 0.717) is 11.3 Å². The molecule has 1 aliphatic heterocycles. The highest BCUT2D eigenvalue weighted by Crippen LogP contribution is 2.45. The highest BCUT2D eigenvalue weighted by Gasteiger charge is 2.40. The third-order valence-corrected chi connectivity index (χ3v) is 4.81. The molecular formula is C17H34IN3O. The van der Waals surface area contributed by atoms with Gasteiger partial charge in [-0.2, -0.15) is 0 Å². The summed E-state index contributed by atoms with van der Waals surface area (Å²) in [6, 6.07) is 0. The third-order valence-electron chi connectivity index (χ3n) is 4.81. The van der Waals surface area contributed by atoms with Crippen LogP contribution in [0.15, 0.2) is 4.99 Å². The third kappa shape index (κ3) is 5.87. The van der Waals surface area contributed by atoms with Gasteiger partial charge in [0.05, 0.1) is 0 Å². The van der Waals surface area contributed by atoms with Gasteiger partial charge in [-0.05, 0) is 37.0 Å². The lowest BCUT2D eigenvalue weighted by molar-refractivity contribution is 0.108. The Balaban J connectivity index is 0.00000242. The van der Waals surface area contributed by atoms with E-state index in [1.165, 1.54) is 45.2 Å². The fourth-order valence-electron chi connectivity index (χ4n) is 3.67. The monoisotopic (exact) mass is 423 g/mol. The Morgan fingerprint density at radius 2 is 2.00 bits per heavy atom. The van der Waals surface area contributed by atoms with Crippen molar-refractivity contribution in [3.63, 3.8) is 0 Å². The molecule has 0 atom stereocenters. The van der Waals surface area contributed by atoms with E-state index in [1.54, 1.807) is 0 Å². The van der Waals surface area contributed by atoms with Gasteiger partial charge in [0.1, 0.15) is 0 Å². The molecule has 0 bridgehead atoms. The Morgan fingerprint density at radius 1 is 1.27 bits per heavy atom. The second-order valence-electron chi connectivity index (χ2n) is 7.17. The van der Waals surface area contributed by atoms with E-state index >= 15 is 0 Å². The van der Waals surface area contributed by atoms with Crippen LogP contribution in [-0.4, -0.2) is 50.8 Å². The maximum atomic E-state index is 5.62. The van der Waals surface area contributed by atoms with Crippen LogP contribution in [0.4, 0.5) is 0 Å². The van der Waals surface area contributed by atoms with Crippen LogP contribution < -0.4 is 5.32 Å². The van der Waals surface area contributed by atoms with Gasteiger partial charge >= 0.3 is 0 Å². The quantitative estimate of drug-likeness (QED) is 0.308. The topological polar surface area (TPSA) is 36.9 Å². The largest absolute Gasteiger partial charge is 0.381 e. The molecule has 22 heavy (non-hydrogen) atoms. The summed E-state index contributed by atoms with van der Waals surface area (Å²) in [6.45, 7) is 9.41. The zero-order valence-corrected chi connectivity index (χ0v) is 16.9.